The van der Waals surface area contributed by atoms with E-state index in [1.165, 1.54) is 0 Å². The van der Waals surface area contributed by atoms with E-state index in [9.17, 15) is 4.79 Å². The molecule has 1 aromatic carbocycles. The molecule has 3 aliphatic heterocycles. The summed E-state index contributed by atoms with van der Waals surface area (Å²) < 4.78 is 16.8. The van der Waals surface area contributed by atoms with E-state index < -0.39 is 0 Å². The smallest absolute Gasteiger partial charge is 0.240 e. The Labute approximate surface area is 148 Å². The maximum absolute atomic E-state index is 12.9. The summed E-state index contributed by atoms with van der Waals surface area (Å²) in [7, 11) is 1.73. The first-order valence-electron chi connectivity index (χ1n) is 9.19. The molecule has 0 spiro atoms. The quantitative estimate of drug-likeness (QED) is 0.830. The van der Waals surface area contributed by atoms with E-state index >= 15 is 0 Å². The van der Waals surface area contributed by atoms with Crippen LogP contribution in [0.3, 0.4) is 0 Å². The molecular formula is C19H26N2O4. The molecule has 0 saturated carbocycles. The van der Waals surface area contributed by atoms with Crippen LogP contribution in [0.1, 0.15) is 24.8 Å². The van der Waals surface area contributed by atoms with Crippen LogP contribution in [0.2, 0.25) is 0 Å². The molecule has 2 atom stereocenters. The minimum absolute atomic E-state index is 0.0868. The normalized spacial score (nSPS) is 26.2. The molecule has 6 nitrogen and oxygen atoms in total. The SMILES string of the molecule is CO[C@H]1C[C@@H](C(=O)N2CCCC2)N(Cc2ccc3c(c2)OCCO3)C1. The van der Waals surface area contributed by atoms with Gasteiger partial charge in [-0.05, 0) is 37.0 Å². The van der Waals surface area contributed by atoms with Gasteiger partial charge in [0, 0.05) is 33.3 Å². The van der Waals surface area contributed by atoms with Crippen molar-refractivity contribution in [2.45, 2.75) is 38.0 Å². The van der Waals surface area contributed by atoms with Gasteiger partial charge in [-0.25, -0.2) is 0 Å². The fourth-order valence-corrected chi connectivity index (χ4v) is 4.03. The Kier molecular flexibility index (Phi) is 4.81. The molecule has 0 unspecified atom stereocenters. The van der Waals surface area contributed by atoms with Crippen molar-refractivity contribution in [2.75, 3.05) is 40.0 Å². The standard InChI is InChI=1S/C19H26N2O4/c1-23-15-11-16(19(22)20-6-2-3-7-20)21(13-15)12-14-4-5-17-18(10-14)25-9-8-24-17/h4-5,10,15-16H,2-3,6-9,11-13H2,1H3/t15-,16-/m0/s1. The lowest BCUT2D eigenvalue weighted by atomic mass is 10.1. The predicted molar refractivity (Wildman–Crippen MR) is 92.9 cm³/mol. The van der Waals surface area contributed by atoms with Gasteiger partial charge in [0.1, 0.15) is 13.2 Å². The molecule has 0 aromatic heterocycles. The number of likely N-dealkylation sites (tertiary alicyclic amines) is 2. The number of carbonyl (C=O) groups is 1. The topological polar surface area (TPSA) is 51.2 Å². The average molecular weight is 346 g/mol. The van der Waals surface area contributed by atoms with Gasteiger partial charge in [-0.3, -0.25) is 9.69 Å². The number of amides is 1. The zero-order valence-electron chi connectivity index (χ0n) is 14.8. The van der Waals surface area contributed by atoms with Crippen LogP contribution in [-0.4, -0.2) is 67.8 Å². The van der Waals surface area contributed by atoms with Crippen LogP contribution in [0.15, 0.2) is 18.2 Å². The van der Waals surface area contributed by atoms with Crippen LogP contribution in [-0.2, 0) is 16.1 Å². The van der Waals surface area contributed by atoms with Gasteiger partial charge in [-0.2, -0.15) is 0 Å². The predicted octanol–water partition coefficient (Wildman–Crippen LogP) is 1.67. The number of benzene rings is 1. The molecule has 3 aliphatic rings. The summed E-state index contributed by atoms with van der Waals surface area (Å²) in [4.78, 5) is 17.2. The summed E-state index contributed by atoms with van der Waals surface area (Å²) in [5.41, 5.74) is 1.14. The van der Waals surface area contributed by atoms with Gasteiger partial charge < -0.3 is 19.1 Å². The molecule has 2 fully saturated rings. The maximum Gasteiger partial charge on any atom is 0.240 e. The highest BCUT2D eigenvalue weighted by Gasteiger charge is 2.39. The van der Waals surface area contributed by atoms with Gasteiger partial charge in [0.05, 0.1) is 12.1 Å². The number of fused-ring (bicyclic) bond motifs is 1. The van der Waals surface area contributed by atoms with E-state index in [0.717, 1.165) is 62.5 Å². The van der Waals surface area contributed by atoms with Crippen LogP contribution in [0, 0.1) is 0 Å². The minimum atomic E-state index is -0.0868. The van der Waals surface area contributed by atoms with Crippen molar-refractivity contribution in [2.24, 2.45) is 0 Å². The highest BCUT2D eigenvalue weighted by molar-refractivity contribution is 5.82. The second-order valence-electron chi connectivity index (χ2n) is 7.05. The zero-order valence-corrected chi connectivity index (χ0v) is 14.8. The molecule has 2 saturated heterocycles. The lowest BCUT2D eigenvalue weighted by Gasteiger charge is -2.28. The molecule has 6 heteroatoms. The maximum atomic E-state index is 12.9. The second-order valence-corrected chi connectivity index (χ2v) is 7.05. The Morgan fingerprint density at radius 1 is 1.20 bits per heavy atom. The average Bonchev–Trinajstić information content (AvgIpc) is 3.31. The summed E-state index contributed by atoms with van der Waals surface area (Å²) in [6.07, 6.45) is 3.13. The Bertz CT molecular complexity index is 630. The van der Waals surface area contributed by atoms with Gasteiger partial charge in [-0.1, -0.05) is 6.07 Å². The second kappa shape index (κ2) is 7.22. The molecule has 136 valence electrons. The fraction of sp³-hybridized carbons (Fsp3) is 0.632. The van der Waals surface area contributed by atoms with Crippen LogP contribution in [0.25, 0.3) is 0 Å². The number of ether oxygens (including phenoxy) is 3. The number of methoxy groups -OCH3 is 1. The van der Waals surface area contributed by atoms with Gasteiger partial charge in [0.25, 0.3) is 0 Å². The van der Waals surface area contributed by atoms with Crippen LogP contribution in [0.4, 0.5) is 0 Å². The molecule has 0 aliphatic carbocycles. The highest BCUT2D eigenvalue weighted by Crippen LogP contribution is 2.32. The van der Waals surface area contributed by atoms with Crippen LogP contribution < -0.4 is 9.47 Å². The third-order valence-electron chi connectivity index (χ3n) is 5.39. The summed E-state index contributed by atoms with van der Waals surface area (Å²) >= 11 is 0. The lowest BCUT2D eigenvalue weighted by Crippen LogP contribution is -2.44. The summed E-state index contributed by atoms with van der Waals surface area (Å²) in [5.74, 6) is 1.86. The van der Waals surface area contributed by atoms with Crippen molar-refractivity contribution >= 4 is 5.91 Å². The molecule has 25 heavy (non-hydrogen) atoms. The molecule has 0 radical (unpaired) electrons. The number of hydrogen-bond donors (Lipinski definition) is 0. The fourth-order valence-electron chi connectivity index (χ4n) is 4.03. The minimum Gasteiger partial charge on any atom is -0.486 e. The van der Waals surface area contributed by atoms with Gasteiger partial charge >= 0.3 is 0 Å². The van der Waals surface area contributed by atoms with E-state index in [1.807, 2.05) is 17.0 Å². The summed E-state index contributed by atoms with van der Waals surface area (Å²) in [6, 6.07) is 5.97. The Morgan fingerprint density at radius 3 is 2.72 bits per heavy atom. The summed E-state index contributed by atoms with van der Waals surface area (Å²) in [5, 5.41) is 0. The van der Waals surface area contributed by atoms with Crippen LogP contribution in [0.5, 0.6) is 11.5 Å². The van der Waals surface area contributed by atoms with Crippen molar-refractivity contribution in [3.05, 3.63) is 23.8 Å². The van der Waals surface area contributed by atoms with Gasteiger partial charge in [0.2, 0.25) is 5.91 Å². The third-order valence-corrected chi connectivity index (χ3v) is 5.39. The number of nitrogens with zero attached hydrogens (tertiary/aromatic N) is 2. The Morgan fingerprint density at radius 2 is 1.96 bits per heavy atom. The Hall–Kier alpha value is -1.79. The Balaban J connectivity index is 1.49. The van der Waals surface area contributed by atoms with E-state index in [1.54, 1.807) is 7.11 Å². The molecule has 4 rings (SSSR count). The highest BCUT2D eigenvalue weighted by atomic mass is 16.6. The first kappa shape index (κ1) is 16.7. The molecule has 0 bridgehead atoms. The van der Waals surface area contributed by atoms with Crippen molar-refractivity contribution < 1.29 is 19.0 Å². The first-order valence-corrected chi connectivity index (χ1v) is 9.19. The lowest BCUT2D eigenvalue weighted by molar-refractivity contribution is -0.135. The van der Waals surface area contributed by atoms with Crippen molar-refractivity contribution in [3.63, 3.8) is 0 Å². The monoisotopic (exact) mass is 346 g/mol. The largest absolute Gasteiger partial charge is 0.486 e. The van der Waals surface area contributed by atoms with Gasteiger partial charge in [0.15, 0.2) is 11.5 Å². The number of rotatable bonds is 4. The molecular weight excluding hydrogens is 320 g/mol. The molecule has 1 amide bonds. The molecule has 0 N–H and O–H groups in total. The van der Waals surface area contributed by atoms with E-state index in [0.29, 0.717) is 13.2 Å². The molecule has 3 heterocycles. The van der Waals surface area contributed by atoms with E-state index in [2.05, 4.69) is 11.0 Å². The first-order chi connectivity index (χ1) is 12.2. The number of carbonyl (C=O) groups excluding carboxylic acids is 1. The van der Waals surface area contributed by atoms with Gasteiger partial charge in [-0.15, -0.1) is 0 Å². The van der Waals surface area contributed by atoms with Crippen molar-refractivity contribution in [3.8, 4) is 11.5 Å². The van der Waals surface area contributed by atoms with Crippen molar-refractivity contribution in [1.82, 2.24) is 9.80 Å². The summed E-state index contributed by atoms with van der Waals surface area (Å²) in [6.45, 7) is 4.48. The third kappa shape index (κ3) is 3.46. The van der Waals surface area contributed by atoms with E-state index in [4.69, 9.17) is 14.2 Å². The van der Waals surface area contributed by atoms with Crippen molar-refractivity contribution in [1.29, 1.82) is 0 Å². The van der Waals surface area contributed by atoms with E-state index in [-0.39, 0.29) is 18.1 Å². The zero-order chi connectivity index (χ0) is 17.2. The number of hydrogen-bond acceptors (Lipinski definition) is 5. The van der Waals surface area contributed by atoms with Crippen LogP contribution >= 0.6 is 0 Å². The molecule has 1 aromatic rings.